The van der Waals surface area contributed by atoms with E-state index < -0.39 is 23.9 Å². The van der Waals surface area contributed by atoms with Crippen LogP contribution in [0, 0.1) is 0 Å². The van der Waals surface area contributed by atoms with Crippen LogP contribution in [0.3, 0.4) is 0 Å². The van der Waals surface area contributed by atoms with E-state index in [-0.39, 0.29) is 25.7 Å². The molecule has 0 fully saturated rings. The smallest absolute Gasteiger partial charge is 0.303 e. The molecule has 3 aromatic carbocycles. The van der Waals surface area contributed by atoms with Crippen LogP contribution in [0.2, 0.25) is 0 Å². The van der Waals surface area contributed by atoms with E-state index in [0.29, 0.717) is 30.2 Å². The molecule has 1 atom stereocenters. The van der Waals surface area contributed by atoms with Gasteiger partial charge in [0, 0.05) is 42.9 Å². The summed E-state index contributed by atoms with van der Waals surface area (Å²) in [6.07, 6.45) is 21.4. The van der Waals surface area contributed by atoms with Crippen molar-refractivity contribution in [1.29, 1.82) is 0 Å². The molecule has 0 aromatic heterocycles. The van der Waals surface area contributed by atoms with Crippen molar-refractivity contribution in [3.63, 3.8) is 0 Å². The molecule has 0 spiro atoms. The van der Waals surface area contributed by atoms with Crippen LogP contribution in [0.5, 0.6) is 0 Å². The molecule has 316 valence electrons. The lowest BCUT2D eigenvalue weighted by Crippen LogP contribution is -3.10. The van der Waals surface area contributed by atoms with E-state index in [2.05, 4.69) is 12.3 Å². The Balaban J connectivity index is 0.000000382. The Morgan fingerprint density at radius 3 is 1.33 bits per heavy atom. The molecule has 4 rings (SSSR count). The number of anilines is 1. The van der Waals surface area contributed by atoms with Crippen molar-refractivity contribution in [2.24, 2.45) is 5.10 Å². The third-order valence-electron chi connectivity index (χ3n) is 10.1. The standard InChI is InChI=1S/C28H28N4O6.C18H36O2/c33-25(34)16-7-19-1-10-22(11-2-19)28-29-31(23-12-3-20(4-13-23)8-17-26(35)36)32(30-28)24-14-5-21(6-15-24)9-18-27(37)38;1-2-3-4-5-6-7-8-9-10-11-12-13-14-15-16-17-18(19)20/h1-6,10-15H,7-9,16-18H2,(H,29,30)(H,33,34)(H,35,36)(H,37,38);2-17H2,1H3,(H,19,20). The van der Waals surface area contributed by atoms with Gasteiger partial charge in [-0.1, -0.05) is 156 Å². The Labute approximate surface area is 343 Å². The normalized spacial score (nSPS) is 13.3. The number of nitrogens with one attached hydrogen (secondary N) is 2. The summed E-state index contributed by atoms with van der Waals surface area (Å²) >= 11 is 0. The molecule has 0 radical (unpaired) electrons. The number of carbonyl (C=O) groups excluding carboxylic acids is 1. The van der Waals surface area contributed by atoms with Crippen molar-refractivity contribution in [2.45, 2.75) is 148 Å². The van der Waals surface area contributed by atoms with Crippen molar-refractivity contribution in [3.05, 3.63) is 95.1 Å². The molecule has 0 saturated heterocycles. The highest BCUT2D eigenvalue weighted by molar-refractivity contribution is 5.99. The van der Waals surface area contributed by atoms with Crippen molar-refractivity contribution < 1.29 is 44.7 Å². The lowest BCUT2D eigenvalue weighted by molar-refractivity contribution is -0.846. The molecule has 1 aliphatic rings. The zero-order valence-electron chi connectivity index (χ0n) is 34.3. The summed E-state index contributed by atoms with van der Waals surface area (Å²) in [7, 11) is 0. The van der Waals surface area contributed by atoms with Gasteiger partial charge in [0.15, 0.2) is 5.69 Å². The second-order valence-electron chi connectivity index (χ2n) is 15.0. The second-order valence-corrected chi connectivity index (χ2v) is 15.0. The number of rotatable bonds is 28. The fraction of sp³-hybridized carbons (Fsp3) is 0.500. The first kappa shape index (κ1) is 47.1. The van der Waals surface area contributed by atoms with Gasteiger partial charge in [-0.15, -0.1) is 0 Å². The fourth-order valence-electron chi connectivity index (χ4n) is 6.71. The third-order valence-corrected chi connectivity index (χ3v) is 10.1. The maximum absolute atomic E-state index is 10.9. The number of nitrogens with zero attached hydrogens (tertiary/aromatic N) is 2. The van der Waals surface area contributed by atoms with Crippen LogP contribution >= 0.6 is 0 Å². The third kappa shape index (κ3) is 19.3. The lowest BCUT2D eigenvalue weighted by Gasteiger charge is -2.22. The van der Waals surface area contributed by atoms with Crippen molar-refractivity contribution in [1.82, 2.24) is 5.43 Å². The number of aryl methyl sites for hydroxylation is 3. The summed E-state index contributed by atoms with van der Waals surface area (Å²) in [5, 5.41) is 44.4. The summed E-state index contributed by atoms with van der Waals surface area (Å²) in [6.45, 7) is 2.27. The summed E-state index contributed by atoms with van der Waals surface area (Å²) in [5.41, 5.74) is 8.57. The number of amidine groups is 1. The highest BCUT2D eigenvalue weighted by atomic mass is 16.4. The van der Waals surface area contributed by atoms with E-state index in [9.17, 15) is 24.3 Å². The summed E-state index contributed by atoms with van der Waals surface area (Å²) in [4.78, 5) is 42.9. The highest BCUT2D eigenvalue weighted by Crippen LogP contribution is 2.18. The monoisotopic (exact) mass is 800 g/mol. The minimum absolute atomic E-state index is 0.0581. The molecule has 0 aliphatic carbocycles. The number of hydrazine groups is 1. The molecule has 12 heteroatoms. The van der Waals surface area contributed by atoms with E-state index in [0.717, 1.165) is 46.5 Å². The quantitative estimate of drug-likeness (QED) is 0.0460. The second kappa shape index (κ2) is 27.4. The number of unbranched alkanes of at least 4 members (excludes halogenated alkanes) is 14. The number of carbonyl (C=O) groups is 4. The maximum Gasteiger partial charge on any atom is 0.303 e. The van der Waals surface area contributed by atoms with E-state index in [1.54, 1.807) is 0 Å². The molecule has 0 amide bonds. The molecule has 3 aromatic rings. The van der Waals surface area contributed by atoms with Gasteiger partial charge in [-0.3, -0.25) is 14.4 Å². The highest BCUT2D eigenvalue weighted by Gasteiger charge is 2.32. The molecule has 12 nitrogen and oxygen atoms in total. The number of hydrogen-bond donors (Lipinski definition) is 5. The van der Waals surface area contributed by atoms with Crippen LogP contribution in [0.25, 0.3) is 0 Å². The van der Waals surface area contributed by atoms with Crippen LogP contribution in [0.15, 0.2) is 77.9 Å². The Morgan fingerprint density at radius 1 is 0.552 bits per heavy atom. The van der Waals surface area contributed by atoms with Gasteiger partial charge in [0.1, 0.15) is 5.69 Å². The minimum atomic E-state index is -0.903. The molecular weight excluding hydrogens is 737 g/mol. The van der Waals surface area contributed by atoms with Crippen molar-refractivity contribution in [2.75, 3.05) is 5.12 Å². The average Bonchev–Trinajstić information content (AvgIpc) is 3.66. The Morgan fingerprint density at radius 2 is 0.931 bits per heavy atom. The Bertz CT molecular complexity index is 1690. The van der Waals surface area contributed by atoms with Gasteiger partial charge in [0.2, 0.25) is 5.84 Å². The van der Waals surface area contributed by atoms with Gasteiger partial charge < -0.3 is 25.2 Å². The minimum Gasteiger partial charge on any atom is -0.550 e. The first-order valence-corrected chi connectivity index (χ1v) is 21.2. The zero-order chi connectivity index (χ0) is 42.0. The summed E-state index contributed by atoms with van der Waals surface area (Å²) in [5.74, 6) is -2.81. The molecular formula is C46H64N4O8. The van der Waals surface area contributed by atoms with E-state index in [4.69, 9.17) is 20.4 Å². The van der Waals surface area contributed by atoms with Crippen molar-refractivity contribution in [3.8, 4) is 0 Å². The van der Waals surface area contributed by atoms with Crippen LogP contribution in [-0.2, 0) is 38.4 Å². The van der Waals surface area contributed by atoms with Crippen LogP contribution < -0.4 is 20.8 Å². The van der Waals surface area contributed by atoms with Crippen molar-refractivity contribution >= 4 is 41.1 Å². The summed E-state index contributed by atoms with van der Waals surface area (Å²) < 4.78 is 0. The van der Waals surface area contributed by atoms with Gasteiger partial charge in [-0.05, 0) is 66.0 Å². The number of quaternary nitrogens is 1. The van der Waals surface area contributed by atoms with Gasteiger partial charge >= 0.3 is 17.9 Å². The predicted octanol–water partition coefficient (Wildman–Crippen LogP) is 7.55. The molecule has 0 bridgehead atoms. The molecule has 58 heavy (non-hydrogen) atoms. The van der Waals surface area contributed by atoms with E-state index in [1.807, 2.05) is 77.9 Å². The number of hydrogen-bond acceptors (Lipinski definition) is 8. The molecule has 0 saturated carbocycles. The number of carboxylic acids is 4. The largest absolute Gasteiger partial charge is 0.550 e. The predicted molar refractivity (Wildman–Crippen MR) is 225 cm³/mol. The van der Waals surface area contributed by atoms with E-state index in [1.165, 1.54) is 83.5 Å². The van der Waals surface area contributed by atoms with Gasteiger partial charge in [-0.2, -0.15) is 0 Å². The molecule has 5 N–H and O–H groups in total. The van der Waals surface area contributed by atoms with E-state index >= 15 is 0 Å². The van der Waals surface area contributed by atoms with Gasteiger partial charge in [0.05, 0.1) is 0 Å². The number of benzene rings is 3. The maximum atomic E-state index is 10.9. The lowest BCUT2D eigenvalue weighted by atomic mass is 10.0. The van der Waals surface area contributed by atoms with Crippen LogP contribution in [0.1, 0.15) is 151 Å². The number of aliphatic carboxylic acids is 4. The first-order valence-electron chi connectivity index (χ1n) is 21.2. The molecule has 1 aliphatic heterocycles. The number of carboxylic acid groups (broad SMARTS) is 4. The van der Waals surface area contributed by atoms with Gasteiger partial charge in [0.25, 0.3) is 0 Å². The van der Waals surface area contributed by atoms with Crippen LogP contribution in [-0.4, -0.2) is 45.0 Å². The van der Waals surface area contributed by atoms with Crippen LogP contribution in [0.4, 0.5) is 11.4 Å². The fourth-order valence-corrected chi connectivity index (χ4v) is 6.71. The average molecular weight is 801 g/mol. The molecule has 1 unspecified atom stereocenters. The Hall–Kier alpha value is -5.23. The SMILES string of the molecule is CCCCCCCCCCCCCCCCCC(=O)[O-].O=C(O)CCc1ccc(C2=N[NH+](c3ccc(CCC(=O)O)cc3)N(c3ccc(CCC(=O)O)cc3)N2)cc1. The zero-order valence-corrected chi connectivity index (χ0v) is 34.3. The Kier molecular flexibility index (Phi) is 22.3. The summed E-state index contributed by atoms with van der Waals surface area (Å²) in [6, 6.07) is 22.8. The molecule has 1 heterocycles. The first-order chi connectivity index (χ1) is 28.0. The topological polar surface area (TPSA) is 184 Å². The van der Waals surface area contributed by atoms with Gasteiger partial charge in [-0.25, -0.2) is 5.43 Å².